The van der Waals surface area contributed by atoms with E-state index in [1.807, 2.05) is 0 Å². The number of sulfone groups is 1. The van der Waals surface area contributed by atoms with E-state index in [1.165, 1.54) is 45.4 Å². The van der Waals surface area contributed by atoms with Crippen molar-refractivity contribution in [1.82, 2.24) is 34.1 Å². The highest BCUT2D eigenvalue weighted by atomic mass is 35.5. The monoisotopic (exact) mass is 990 g/mol. The minimum atomic E-state index is -4.86. The topological polar surface area (TPSA) is 344 Å². The molecule has 0 atom stereocenters. The van der Waals surface area contributed by atoms with Crippen molar-refractivity contribution < 1.29 is 78.1 Å². The van der Waals surface area contributed by atoms with E-state index in [2.05, 4.69) is 25.6 Å². The van der Waals surface area contributed by atoms with Gasteiger partial charge >= 0.3 is 37.4 Å². The molecule has 0 spiro atoms. The predicted octanol–water partition coefficient (Wildman–Crippen LogP) is 1.76. The molecule has 4 rings (SSSR count). The number of carboxylic acids is 1. The summed E-state index contributed by atoms with van der Waals surface area (Å²) in [5.41, 5.74) is -4.01. The standard InChI is InChI=1S/C16H14ClF3N2O4.C14H17N5O7S2.C3H8NO5P/c1-8(2)26-14(24)10-6-9(4-5-11(10)17)22-13(23)7-12(16(18,19)20)21(3)15(22)25;1-4-27(21,22)9-6-5-7-15-12(9)28(23,24)19-14(20)18-13-16-10(25-2)8-11(17-13)26-3;5-3(6)1-4-2-10(7,8)9/h4-8H,1-3H3;5-8H,4H2,1-3H3,(H2,16,17,18,19,20);4H,1-2H2,(H,5,6)(H2,7,8,9). The number of ether oxygens (including phenoxy) is 3. The fraction of sp³-hybridized carbons (Fsp3) is 0.333. The van der Waals surface area contributed by atoms with Gasteiger partial charge in [-0.3, -0.25) is 29.4 Å². The summed E-state index contributed by atoms with van der Waals surface area (Å²) in [6, 6.07) is 6.38. The molecule has 24 nitrogen and oxygen atoms in total. The van der Waals surface area contributed by atoms with Crippen molar-refractivity contribution in [3.8, 4) is 17.4 Å². The van der Waals surface area contributed by atoms with Crippen LogP contribution >= 0.6 is 19.2 Å². The summed E-state index contributed by atoms with van der Waals surface area (Å²) in [5, 5.41) is 11.4. The summed E-state index contributed by atoms with van der Waals surface area (Å²) in [5.74, 6) is -2.45. The number of esters is 1. The van der Waals surface area contributed by atoms with Gasteiger partial charge in [-0.15, -0.1) is 0 Å². The fourth-order valence-electron chi connectivity index (χ4n) is 4.47. The summed E-state index contributed by atoms with van der Waals surface area (Å²) < 4.78 is 115. The lowest BCUT2D eigenvalue weighted by atomic mass is 10.2. The zero-order valence-corrected chi connectivity index (χ0v) is 37.3. The first-order chi connectivity index (χ1) is 29.5. The number of amides is 2. The molecule has 0 aliphatic carbocycles. The normalized spacial score (nSPS) is 11.6. The van der Waals surface area contributed by atoms with Crippen molar-refractivity contribution in [2.45, 2.75) is 43.0 Å². The van der Waals surface area contributed by atoms with Gasteiger partial charge in [0.15, 0.2) is 14.9 Å². The highest BCUT2D eigenvalue weighted by molar-refractivity contribution is 7.93. The third-order valence-electron chi connectivity index (χ3n) is 7.23. The number of halogens is 4. The number of pyridine rings is 1. The van der Waals surface area contributed by atoms with Gasteiger partial charge in [-0.05, 0) is 44.2 Å². The van der Waals surface area contributed by atoms with Gasteiger partial charge in [-0.25, -0.2) is 37.1 Å². The Morgan fingerprint density at radius 3 is 2.08 bits per heavy atom. The summed E-state index contributed by atoms with van der Waals surface area (Å²) in [6.45, 7) is 4.15. The Labute approximate surface area is 365 Å². The molecule has 0 unspecified atom stereocenters. The Kier molecular flexibility index (Phi) is 19.1. The van der Waals surface area contributed by atoms with Gasteiger partial charge in [0.25, 0.3) is 15.6 Å². The van der Waals surface area contributed by atoms with E-state index in [4.69, 9.17) is 40.7 Å². The van der Waals surface area contributed by atoms with Crippen LogP contribution in [0, 0.1) is 0 Å². The number of carboxylic acid groups (broad SMARTS) is 1. The lowest BCUT2D eigenvalue weighted by molar-refractivity contribution is -0.144. The first kappa shape index (κ1) is 54.2. The van der Waals surface area contributed by atoms with Crippen molar-refractivity contribution in [2.75, 3.05) is 38.1 Å². The molecule has 0 radical (unpaired) electrons. The van der Waals surface area contributed by atoms with Crippen LogP contribution in [0.3, 0.4) is 0 Å². The fourth-order valence-corrected chi connectivity index (χ4v) is 7.61. The number of hydrogen-bond donors (Lipinski definition) is 6. The maximum absolute atomic E-state index is 12.9. The molecule has 0 fully saturated rings. The van der Waals surface area contributed by atoms with Gasteiger partial charge in [-0.2, -0.15) is 31.6 Å². The number of benzene rings is 1. The smallest absolute Gasteiger partial charge is 0.431 e. The molecule has 0 bridgehead atoms. The van der Waals surface area contributed by atoms with E-state index in [1.54, 1.807) is 18.6 Å². The number of rotatable bonds is 14. The van der Waals surface area contributed by atoms with Gasteiger partial charge in [-0.1, -0.05) is 18.5 Å². The van der Waals surface area contributed by atoms with Crippen molar-refractivity contribution in [3.63, 3.8) is 0 Å². The summed E-state index contributed by atoms with van der Waals surface area (Å²) in [4.78, 5) is 85.4. The molecular formula is C33H39ClF3N8O16PS2. The van der Waals surface area contributed by atoms with Crippen molar-refractivity contribution in [2.24, 2.45) is 7.05 Å². The average molecular weight is 991 g/mol. The van der Waals surface area contributed by atoms with Crippen LogP contribution in [0.4, 0.5) is 23.9 Å². The molecule has 0 aliphatic rings. The second-order valence-electron chi connectivity index (χ2n) is 12.4. The largest absolute Gasteiger partial charge is 0.481 e. The molecule has 2 amide bonds. The van der Waals surface area contributed by atoms with Crippen molar-refractivity contribution in [1.29, 1.82) is 0 Å². The lowest BCUT2D eigenvalue weighted by Crippen LogP contribution is -2.40. The van der Waals surface area contributed by atoms with Crippen LogP contribution in [0.25, 0.3) is 5.69 Å². The Balaban J connectivity index is 0.000000365. The first-order valence-electron chi connectivity index (χ1n) is 17.3. The number of hydrogen-bond acceptors (Lipinski definition) is 17. The van der Waals surface area contributed by atoms with Crippen molar-refractivity contribution in [3.05, 3.63) is 85.8 Å². The highest BCUT2D eigenvalue weighted by Crippen LogP contribution is 2.32. The number of alkyl halides is 3. The van der Waals surface area contributed by atoms with Crippen LogP contribution in [-0.4, -0.2) is 113 Å². The highest BCUT2D eigenvalue weighted by Gasteiger charge is 2.35. The Hall–Kier alpha value is -5.97. The van der Waals surface area contributed by atoms with E-state index in [0.29, 0.717) is 15.2 Å². The predicted molar refractivity (Wildman–Crippen MR) is 217 cm³/mol. The van der Waals surface area contributed by atoms with Crippen LogP contribution in [-0.2, 0) is 47.2 Å². The maximum Gasteiger partial charge on any atom is 0.431 e. The number of nitrogens with one attached hydrogen (secondary N) is 3. The lowest BCUT2D eigenvalue weighted by Gasteiger charge is -2.15. The van der Waals surface area contributed by atoms with E-state index in [9.17, 15) is 58.5 Å². The number of nitrogens with zero attached hydrogens (tertiary/aromatic N) is 5. The molecule has 3 heterocycles. The minimum Gasteiger partial charge on any atom is -0.481 e. The zero-order chi connectivity index (χ0) is 49.0. The second-order valence-corrected chi connectivity index (χ2v) is 18.2. The number of aliphatic carboxylic acids is 1. The number of carbonyl (C=O) groups excluding carboxylic acids is 2. The SMILES string of the molecule is CC(C)OC(=O)c1cc(-n2c(=O)cc(C(F)(F)F)n(C)c2=O)ccc1Cl.CCS(=O)(=O)c1cccnc1S(=O)(=O)NC(=O)Nc1nc(OC)cc(OC)n1.O=C(O)CNCP(=O)(O)O. The second kappa shape index (κ2) is 22.6. The van der Waals surface area contributed by atoms with Crippen LogP contribution in [0.1, 0.15) is 36.8 Å². The molecule has 1 aromatic carbocycles. The molecule has 0 saturated carbocycles. The Bertz CT molecular complexity index is 2730. The molecule has 64 heavy (non-hydrogen) atoms. The third-order valence-corrected chi connectivity index (χ3v) is 11.4. The van der Waals surface area contributed by atoms with Crippen LogP contribution in [0.5, 0.6) is 11.8 Å². The molecule has 352 valence electrons. The summed E-state index contributed by atoms with van der Waals surface area (Å²) >= 11 is 5.94. The van der Waals surface area contributed by atoms with E-state index < -0.39 is 97.4 Å². The maximum atomic E-state index is 12.9. The Morgan fingerprint density at radius 2 is 1.58 bits per heavy atom. The number of carbonyl (C=O) groups is 3. The van der Waals surface area contributed by atoms with Gasteiger partial charge in [0, 0.05) is 19.3 Å². The number of anilines is 1. The number of sulfonamides is 1. The molecule has 3 aromatic heterocycles. The van der Waals surface area contributed by atoms with Gasteiger partial charge in [0.05, 0.1) is 61.2 Å². The van der Waals surface area contributed by atoms with Gasteiger partial charge in [0.1, 0.15) is 10.6 Å². The molecule has 0 saturated heterocycles. The number of urea groups is 1. The molecular weight excluding hydrogens is 952 g/mol. The quantitative estimate of drug-likeness (QED) is 0.0774. The first-order valence-corrected chi connectivity index (χ1v) is 22.7. The van der Waals surface area contributed by atoms with E-state index in [-0.39, 0.29) is 39.7 Å². The minimum absolute atomic E-state index is 0.0104. The number of methoxy groups -OCH3 is 2. The van der Waals surface area contributed by atoms with Gasteiger partial charge in [0.2, 0.25) is 17.7 Å². The molecule has 4 aromatic rings. The van der Waals surface area contributed by atoms with Crippen LogP contribution < -0.4 is 36.1 Å². The van der Waals surface area contributed by atoms with E-state index in [0.717, 1.165) is 25.4 Å². The Morgan fingerprint density at radius 1 is 0.984 bits per heavy atom. The molecule has 6 N–H and O–H groups in total. The average Bonchev–Trinajstić information content (AvgIpc) is 3.18. The molecule has 0 aliphatic heterocycles. The summed E-state index contributed by atoms with van der Waals surface area (Å²) in [7, 11) is -9.05. The van der Waals surface area contributed by atoms with E-state index >= 15 is 0 Å². The van der Waals surface area contributed by atoms with Crippen LogP contribution in [0.2, 0.25) is 5.02 Å². The third kappa shape index (κ3) is 16.0. The zero-order valence-electron chi connectivity index (χ0n) is 34.0. The van der Waals surface area contributed by atoms with Crippen molar-refractivity contribution >= 4 is 63.0 Å². The number of aromatic nitrogens is 5. The molecule has 31 heteroatoms. The van der Waals surface area contributed by atoms with Gasteiger partial charge < -0.3 is 29.1 Å². The van der Waals surface area contributed by atoms with Crippen LogP contribution in [0.15, 0.2) is 68.2 Å². The summed E-state index contributed by atoms with van der Waals surface area (Å²) in [6.07, 6.45) is -4.81.